The second-order valence-corrected chi connectivity index (χ2v) is 27.7. The van der Waals surface area contributed by atoms with E-state index in [1.165, 1.54) is 16.8 Å². The molecule has 2 rings (SSSR count). The van der Waals surface area contributed by atoms with Crippen molar-refractivity contribution in [1.29, 1.82) is 0 Å². The zero-order valence-corrected chi connectivity index (χ0v) is 27.1. The first kappa shape index (κ1) is 30.4. The van der Waals surface area contributed by atoms with Crippen LogP contribution in [-0.2, 0) is 18.0 Å². The minimum absolute atomic E-state index is 0.0194. The first-order valence-electron chi connectivity index (χ1n) is 12.5. The third kappa shape index (κ3) is 7.36. The molecule has 202 valence electrons. The van der Waals surface area contributed by atoms with E-state index in [9.17, 15) is 9.59 Å². The summed E-state index contributed by atoms with van der Waals surface area (Å²) in [6.45, 7) is 28.8. The van der Waals surface area contributed by atoms with Gasteiger partial charge in [-0.3, -0.25) is 14.3 Å². The van der Waals surface area contributed by atoms with Crippen LogP contribution in [0, 0.1) is 0 Å². The molecule has 1 fully saturated rings. The van der Waals surface area contributed by atoms with Gasteiger partial charge in [0, 0.05) is 12.3 Å². The maximum absolute atomic E-state index is 12.8. The zero-order chi connectivity index (χ0) is 27.2. The molecule has 1 aliphatic heterocycles. The molecule has 0 aromatic carbocycles. The second-order valence-electron chi connectivity index (χ2n) is 13.7. The summed E-state index contributed by atoms with van der Waals surface area (Å²) in [5, 5.41) is 0.0271. The number of H-pyrrole nitrogens is 1. The lowest BCUT2D eigenvalue weighted by molar-refractivity contribution is -0.0504. The molecule has 0 spiro atoms. The number of nitrogens with one attached hydrogen (secondary N) is 1. The van der Waals surface area contributed by atoms with Crippen molar-refractivity contribution < 1.29 is 18.0 Å². The number of hydrogen-bond donors (Lipinski definition) is 1. The van der Waals surface area contributed by atoms with Crippen molar-refractivity contribution >= 4 is 25.0 Å². The molecule has 4 unspecified atom stereocenters. The first-order chi connectivity index (χ1) is 15.6. The zero-order valence-electron chi connectivity index (χ0n) is 24.1. The van der Waals surface area contributed by atoms with Crippen LogP contribution in [-0.4, -0.2) is 59.4 Å². The lowest BCUT2D eigenvalue weighted by Gasteiger charge is -2.42. The summed E-state index contributed by atoms with van der Waals surface area (Å²) in [6.07, 6.45) is -0.576. The van der Waals surface area contributed by atoms with Gasteiger partial charge in [0.1, 0.15) is 18.3 Å². The summed E-state index contributed by atoms with van der Waals surface area (Å²) in [5.74, 6) is 0. The van der Waals surface area contributed by atoms with Gasteiger partial charge in [-0.1, -0.05) is 41.5 Å². The van der Waals surface area contributed by atoms with Gasteiger partial charge in [-0.25, -0.2) is 4.79 Å². The minimum Gasteiger partial charge on any atom is -0.414 e. The maximum atomic E-state index is 12.8. The summed E-state index contributed by atoms with van der Waals surface area (Å²) in [7, 11) is -6.36. The lowest BCUT2D eigenvalue weighted by atomic mass is 10.1. The van der Waals surface area contributed by atoms with E-state index in [0.29, 0.717) is 6.61 Å². The van der Waals surface area contributed by atoms with Crippen LogP contribution in [0.1, 0.15) is 47.8 Å². The number of nitrogens with zero attached hydrogens (tertiary/aromatic N) is 1. The van der Waals surface area contributed by atoms with Crippen LogP contribution in [0.5, 0.6) is 0 Å². The molecule has 0 amide bonds. The quantitative estimate of drug-likeness (QED) is 0.460. The standard InChI is InChI=1S/C24H48N2O6Si3/c1-23(2,3)34(10,11)29-16-17-19(32-35(12,13)24(4,5)6)20(31-33(7,8)9)21(30-17)26-15-14-18(27)25-22(26)28/h14-15,17,19-21H,16H2,1-13H3,(H,25,27,28). The topological polar surface area (TPSA) is 91.8 Å². The molecule has 11 heteroatoms. The Balaban J connectivity index is 2.56. The van der Waals surface area contributed by atoms with Gasteiger partial charge < -0.3 is 18.0 Å². The summed E-state index contributed by atoms with van der Waals surface area (Å²) >= 11 is 0. The Morgan fingerprint density at radius 2 is 1.43 bits per heavy atom. The highest BCUT2D eigenvalue weighted by atomic mass is 28.4. The SMILES string of the molecule is CC(C)(C)[Si](C)(C)OCC1OC(n2ccc(=O)[nH]c2=O)C(O[Si](C)(C)C)C1O[Si](C)(C)C(C)(C)C. The van der Waals surface area contributed by atoms with Gasteiger partial charge in [0.2, 0.25) is 0 Å². The van der Waals surface area contributed by atoms with Crippen molar-refractivity contribution in [3.05, 3.63) is 33.1 Å². The smallest absolute Gasteiger partial charge is 0.330 e. The Morgan fingerprint density at radius 1 is 0.886 bits per heavy atom. The minimum atomic E-state index is -2.23. The fraction of sp³-hybridized carbons (Fsp3) is 0.833. The molecule has 8 nitrogen and oxygen atoms in total. The molecule has 1 N–H and O–H groups in total. The third-order valence-corrected chi connectivity index (χ3v) is 17.5. The van der Waals surface area contributed by atoms with E-state index in [2.05, 4.69) is 92.4 Å². The van der Waals surface area contributed by atoms with Crippen LogP contribution in [0.3, 0.4) is 0 Å². The number of aromatic nitrogens is 2. The largest absolute Gasteiger partial charge is 0.414 e. The molecule has 1 aromatic rings. The van der Waals surface area contributed by atoms with E-state index in [0.717, 1.165) is 0 Å². The lowest BCUT2D eigenvalue weighted by Crippen LogP contribution is -2.53. The Kier molecular flexibility index (Phi) is 8.81. The van der Waals surface area contributed by atoms with Crippen LogP contribution in [0.25, 0.3) is 0 Å². The van der Waals surface area contributed by atoms with Crippen molar-refractivity contribution in [1.82, 2.24) is 9.55 Å². The highest BCUT2D eigenvalue weighted by Crippen LogP contribution is 2.43. The highest BCUT2D eigenvalue weighted by Gasteiger charge is 2.53. The van der Waals surface area contributed by atoms with Crippen molar-refractivity contribution in [2.75, 3.05) is 6.61 Å². The molecule has 4 atom stereocenters. The van der Waals surface area contributed by atoms with Crippen LogP contribution in [0.2, 0.25) is 55.9 Å². The van der Waals surface area contributed by atoms with E-state index in [4.69, 9.17) is 18.0 Å². The van der Waals surface area contributed by atoms with Gasteiger partial charge in [-0.15, -0.1) is 0 Å². The molecule has 0 saturated carbocycles. The van der Waals surface area contributed by atoms with Gasteiger partial charge >= 0.3 is 5.69 Å². The van der Waals surface area contributed by atoms with Crippen molar-refractivity contribution in [3.63, 3.8) is 0 Å². The summed E-state index contributed by atoms with van der Waals surface area (Å²) in [4.78, 5) is 26.9. The predicted octanol–water partition coefficient (Wildman–Crippen LogP) is 5.07. The molecular formula is C24H48N2O6Si3. The fourth-order valence-corrected chi connectivity index (χ4v) is 6.79. The molecule has 35 heavy (non-hydrogen) atoms. The highest BCUT2D eigenvalue weighted by molar-refractivity contribution is 6.74. The fourth-order valence-electron chi connectivity index (χ4n) is 3.39. The van der Waals surface area contributed by atoms with Crippen LogP contribution in [0.4, 0.5) is 0 Å². The van der Waals surface area contributed by atoms with E-state index < -0.39 is 60.7 Å². The van der Waals surface area contributed by atoms with Crippen molar-refractivity contribution in [3.8, 4) is 0 Å². The summed E-state index contributed by atoms with van der Waals surface area (Å²) < 4.78 is 28.2. The molecule has 1 saturated heterocycles. The van der Waals surface area contributed by atoms with Crippen LogP contribution in [0.15, 0.2) is 21.9 Å². The summed E-state index contributed by atoms with van der Waals surface area (Å²) in [6, 6.07) is 1.33. The number of aromatic amines is 1. The van der Waals surface area contributed by atoms with Gasteiger partial charge in [0.15, 0.2) is 31.2 Å². The Morgan fingerprint density at radius 3 is 1.89 bits per heavy atom. The van der Waals surface area contributed by atoms with E-state index >= 15 is 0 Å². The predicted molar refractivity (Wildman–Crippen MR) is 149 cm³/mol. The molecule has 0 aliphatic carbocycles. The molecule has 2 heterocycles. The Hall–Kier alpha value is -0.829. The van der Waals surface area contributed by atoms with Crippen LogP contribution < -0.4 is 11.2 Å². The number of hydrogen-bond acceptors (Lipinski definition) is 6. The van der Waals surface area contributed by atoms with E-state index in [1.54, 1.807) is 0 Å². The van der Waals surface area contributed by atoms with Crippen molar-refractivity contribution in [2.24, 2.45) is 0 Å². The molecule has 0 bridgehead atoms. The molecule has 1 aromatic heterocycles. The maximum Gasteiger partial charge on any atom is 0.330 e. The van der Waals surface area contributed by atoms with Gasteiger partial charge in [-0.05, 0) is 55.9 Å². The van der Waals surface area contributed by atoms with Crippen LogP contribution >= 0.6 is 0 Å². The van der Waals surface area contributed by atoms with Gasteiger partial charge in [0.05, 0.1) is 6.61 Å². The van der Waals surface area contributed by atoms with E-state index in [1.807, 2.05) is 0 Å². The Labute approximate surface area is 214 Å². The molecular weight excluding hydrogens is 497 g/mol. The average Bonchev–Trinajstić information content (AvgIpc) is 2.93. The number of ether oxygens (including phenoxy) is 1. The molecule has 1 aliphatic rings. The van der Waals surface area contributed by atoms with E-state index in [-0.39, 0.29) is 10.1 Å². The normalized spacial score (nSPS) is 24.7. The molecule has 0 radical (unpaired) electrons. The van der Waals surface area contributed by atoms with Gasteiger partial charge in [0.25, 0.3) is 5.56 Å². The monoisotopic (exact) mass is 544 g/mol. The second kappa shape index (κ2) is 10.1. The average molecular weight is 545 g/mol. The third-order valence-electron chi connectivity index (χ3n) is 7.55. The number of rotatable bonds is 8. The van der Waals surface area contributed by atoms with Gasteiger partial charge in [-0.2, -0.15) is 0 Å². The van der Waals surface area contributed by atoms with Crippen molar-refractivity contribution in [2.45, 2.75) is 122 Å². The summed E-state index contributed by atoms with van der Waals surface area (Å²) in [5.41, 5.74) is -0.970. The first-order valence-corrected chi connectivity index (χ1v) is 21.7. The Bertz CT molecular complexity index is 985.